The van der Waals surface area contributed by atoms with Gasteiger partial charge in [-0.3, -0.25) is 14.6 Å². The Kier molecular flexibility index (Phi) is 4.94. The number of hydrogen-bond donors (Lipinski definition) is 2. The minimum absolute atomic E-state index is 0.116. The number of nitrogens with one attached hydrogen (secondary N) is 2. The highest BCUT2D eigenvalue weighted by Crippen LogP contribution is 2.17. The fraction of sp³-hybridized carbons (Fsp3) is 0.231. The summed E-state index contributed by atoms with van der Waals surface area (Å²) in [6, 6.07) is 7.05. The molecule has 2 rings (SSSR count). The van der Waals surface area contributed by atoms with Gasteiger partial charge in [-0.1, -0.05) is 17.8 Å². The molecule has 0 saturated heterocycles. The summed E-state index contributed by atoms with van der Waals surface area (Å²) < 4.78 is 5.08. The van der Waals surface area contributed by atoms with Gasteiger partial charge in [0.1, 0.15) is 11.4 Å². The first-order valence-electron chi connectivity index (χ1n) is 6.09. The van der Waals surface area contributed by atoms with Gasteiger partial charge in [0.05, 0.1) is 12.9 Å². The third-order valence-corrected chi connectivity index (χ3v) is 3.40. The molecule has 0 aliphatic heterocycles. The summed E-state index contributed by atoms with van der Waals surface area (Å²) in [5, 5.41) is 10.5. The third kappa shape index (κ3) is 4.32. The SMILES string of the molecule is COc1cccc(NC(=O)CSc2nnc(C)c(=O)[nH]2)c1. The molecule has 0 unspecified atom stereocenters. The molecule has 1 heterocycles. The molecule has 1 aromatic heterocycles. The number of aromatic amines is 1. The maximum atomic E-state index is 11.8. The number of carbonyl (C=O) groups excluding carboxylic acids is 1. The average molecular weight is 306 g/mol. The van der Waals surface area contributed by atoms with Crippen molar-refractivity contribution in [3.63, 3.8) is 0 Å². The third-order valence-electron chi connectivity index (χ3n) is 2.53. The van der Waals surface area contributed by atoms with Crippen LogP contribution >= 0.6 is 11.8 Å². The molecule has 110 valence electrons. The predicted molar refractivity (Wildman–Crippen MR) is 79.7 cm³/mol. The largest absolute Gasteiger partial charge is 0.497 e. The minimum Gasteiger partial charge on any atom is -0.497 e. The van der Waals surface area contributed by atoms with E-state index in [0.29, 0.717) is 22.3 Å². The summed E-state index contributed by atoms with van der Waals surface area (Å²) in [5.74, 6) is 0.566. The number of thioether (sulfide) groups is 1. The first-order valence-corrected chi connectivity index (χ1v) is 7.07. The minimum atomic E-state index is -0.305. The summed E-state index contributed by atoms with van der Waals surface area (Å²) in [7, 11) is 1.56. The molecule has 2 N–H and O–H groups in total. The molecule has 7 nitrogen and oxygen atoms in total. The molecule has 1 aromatic carbocycles. The van der Waals surface area contributed by atoms with Crippen LogP contribution in [-0.2, 0) is 4.79 Å². The molecular formula is C13H14N4O3S. The van der Waals surface area contributed by atoms with E-state index in [1.54, 1.807) is 38.3 Å². The topological polar surface area (TPSA) is 97.0 Å². The molecule has 0 spiro atoms. The molecule has 0 atom stereocenters. The number of carbonyl (C=O) groups is 1. The summed E-state index contributed by atoms with van der Waals surface area (Å²) in [6.45, 7) is 1.57. The van der Waals surface area contributed by atoms with Crippen molar-refractivity contribution in [2.24, 2.45) is 0 Å². The summed E-state index contributed by atoms with van der Waals surface area (Å²) in [4.78, 5) is 25.7. The molecule has 21 heavy (non-hydrogen) atoms. The molecule has 0 bridgehead atoms. The highest BCUT2D eigenvalue weighted by atomic mass is 32.2. The second kappa shape index (κ2) is 6.89. The summed E-state index contributed by atoms with van der Waals surface area (Å²) in [6.07, 6.45) is 0. The Balaban J connectivity index is 1.92. The number of aryl methyl sites for hydroxylation is 1. The van der Waals surface area contributed by atoms with E-state index in [0.717, 1.165) is 11.8 Å². The second-order valence-electron chi connectivity index (χ2n) is 4.11. The van der Waals surface area contributed by atoms with Crippen molar-refractivity contribution in [2.75, 3.05) is 18.2 Å². The van der Waals surface area contributed by atoms with E-state index in [1.165, 1.54) is 0 Å². The van der Waals surface area contributed by atoms with Gasteiger partial charge in [-0.2, -0.15) is 0 Å². The van der Waals surface area contributed by atoms with Crippen LogP contribution < -0.4 is 15.6 Å². The average Bonchev–Trinajstić information content (AvgIpc) is 2.48. The summed E-state index contributed by atoms with van der Waals surface area (Å²) in [5.41, 5.74) is 0.629. The molecule has 0 radical (unpaired) electrons. The van der Waals surface area contributed by atoms with Crippen LogP contribution in [0, 0.1) is 6.92 Å². The number of benzene rings is 1. The van der Waals surface area contributed by atoms with Gasteiger partial charge in [-0.05, 0) is 19.1 Å². The standard InChI is InChI=1S/C13H14N4O3S/c1-8-12(19)15-13(17-16-8)21-7-11(18)14-9-4-3-5-10(6-9)20-2/h3-6H,7H2,1-2H3,(H,14,18)(H,15,17,19). The van der Waals surface area contributed by atoms with Crippen molar-refractivity contribution in [3.8, 4) is 5.75 Å². The lowest BCUT2D eigenvalue weighted by Gasteiger charge is -2.06. The molecule has 0 aliphatic carbocycles. The number of ether oxygens (including phenoxy) is 1. The van der Waals surface area contributed by atoms with Gasteiger partial charge in [-0.25, -0.2) is 0 Å². The smallest absolute Gasteiger partial charge is 0.273 e. The number of methoxy groups -OCH3 is 1. The maximum absolute atomic E-state index is 11.8. The van der Waals surface area contributed by atoms with Gasteiger partial charge in [0.15, 0.2) is 5.16 Å². The molecule has 2 aromatic rings. The zero-order valence-corrected chi connectivity index (χ0v) is 12.4. The van der Waals surface area contributed by atoms with Crippen LogP contribution in [0.4, 0.5) is 5.69 Å². The number of hydrogen-bond acceptors (Lipinski definition) is 6. The quantitative estimate of drug-likeness (QED) is 0.806. The van der Waals surface area contributed by atoms with Gasteiger partial charge in [0.25, 0.3) is 5.56 Å². The molecule has 8 heteroatoms. The van der Waals surface area contributed by atoms with Crippen LogP contribution in [0.2, 0.25) is 0 Å². The number of H-pyrrole nitrogens is 1. The fourth-order valence-corrected chi connectivity index (χ4v) is 2.08. The Morgan fingerprint density at radius 1 is 1.43 bits per heavy atom. The molecule has 0 saturated carbocycles. The molecule has 0 aliphatic rings. The zero-order chi connectivity index (χ0) is 15.2. The predicted octanol–water partition coefficient (Wildman–Crippen LogP) is 1.21. The Bertz CT molecular complexity index is 702. The molecule has 1 amide bonds. The lowest BCUT2D eigenvalue weighted by atomic mass is 10.3. The van der Waals surface area contributed by atoms with Gasteiger partial charge < -0.3 is 10.1 Å². The lowest BCUT2D eigenvalue weighted by molar-refractivity contribution is -0.113. The van der Waals surface area contributed by atoms with Crippen molar-refractivity contribution in [1.82, 2.24) is 15.2 Å². The lowest BCUT2D eigenvalue weighted by Crippen LogP contribution is -2.17. The highest BCUT2D eigenvalue weighted by Gasteiger charge is 2.07. The zero-order valence-electron chi connectivity index (χ0n) is 11.5. The van der Waals surface area contributed by atoms with E-state index in [2.05, 4.69) is 20.5 Å². The maximum Gasteiger partial charge on any atom is 0.273 e. The first kappa shape index (κ1) is 15.0. The van der Waals surface area contributed by atoms with Crippen molar-refractivity contribution < 1.29 is 9.53 Å². The van der Waals surface area contributed by atoms with Crippen LogP contribution in [-0.4, -0.2) is 34.0 Å². The number of rotatable bonds is 5. The van der Waals surface area contributed by atoms with Gasteiger partial charge in [-0.15, -0.1) is 10.2 Å². The fourth-order valence-electron chi connectivity index (χ4n) is 1.48. The highest BCUT2D eigenvalue weighted by molar-refractivity contribution is 7.99. The number of aromatic nitrogens is 3. The molecular weight excluding hydrogens is 292 g/mol. The normalized spacial score (nSPS) is 10.2. The number of nitrogens with zero attached hydrogens (tertiary/aromatic N) is 2. The van der Waals surface area contributed by atoms with Crippen LogP contribution in [0.3, 0.4) is 0 Å². The monoisotopic (exact) mass is 306 g/mol. The second-order valence-corrected chi connectivity index (χ2v) is 5.08. The Morgan fingerprint density at radius 3 is 2.95 bits per heavy atom. The van der Waals surface area contributed by atoms with Crippen LogP contribution in [0.15, 0.2) is 34.2 Å². The van der Waals surface area contributed by atoms with Gasteiger partial charge >= 0.3 is 0 Å². The van der Waals surface area contributed by atoms with Crippen LogP contribution in [0.1, 0.15) is 5.69 Å². The van der Waals surface area contributed by atoms with Gasteiger partial charge in [0, 0.05) is 11.8 Å². The first-order chi connectivity index (χ1) is 10.1. The van der Waals surface area contributed by atoms with Crippen LogP contribution in [0.5, 0.6) is 5.75 Å². The van der Waals surface area contributed by atoms with E-state index in [-0.39, 0.29) is 17.2 Å². The Morgan fingerprint density at radius 2 is 2.24 bits per heavy atom. The number of amides is 1. The van der Waals surface area contributed by atoms with Crippen LogP contribution in [0.25, 0.3) is 0 Å². The number of anilines is 1. The van der Waals surface area contributed by atoms with Crippen molar-refractivity contribution in [1.29, 1.82) is 0 Å². The Hall–Kier alpha value is -2.35. The summed E-state index contributed by atoms with van der Waals surface area (Å²) >= 11 is 1.11. The van der Waals surface area contributed by atoms with Crippen molar-refractivity contribution in [3.05, 3.63) is 40.3 Å². The van der Waals surface area contributed by atoms with E-state index in [9.17, 15) is 9.59 Å². The van der Waals surface area contributed by atoms with E-state index in [4.69, 9.17) is 4.74 Å². The van der Waals surface area contributed by atoms with E-state index < -0.39 is 0 Å². The van der Waals surface area contributed by atoms with E-state index in [1.807, 2.05) is 0 Å². The van der Waals surface area contributed by atoms with Gasteiger partial charge in [0.2, 0.25) is 5.91 Å². The molecule has 0 fully saturated rings. The Labute approximate surface area is 125 Å². The van der Waals surface area contributed by atoms with E-state index >= 15 is 0 Å². The van der Waals surface area contributed by atoms with Crippen molar-refractivity contribution >= 4 is 23.4 Å². The van der Waals surface area contributed by atoms with Crippen molar-refractivity contribution in [2.45, 2.75) is 12.1 Å².